The average Bonchev–Trinajstić information content (AvgIpc) is 2.29. The number of anilines is 1. The zero-order chi connectivity index (χ0) is 11.1. The Kier molecular flexibility index (Phi) is 4.84. The normalized spacial score (nSPS) is 10.0. The fraction of sp³-hybridized carbons (Fsp3) is 0.417. The van der Waals surface area contributed by atoms with Crippen LogP contribution in [0.25, 0.3) is 0 Å². The van der Waals surface area contributed by atoms with Crippen LogP contribution in [0.3, 0.4) is 0 Å². The van der Waals surface area contributed by atoms with Gasteiger partial charge in [-0.15, -0.1) is 0 Å². The van der Waals surface area contributed by atoms with Crippen molar-refractivity contribution in [2.45, 2.75) is 6.42 Å². The molecule has 0 amide bonds. The van der Waals surface area contributed by atoms with Crippen molar-refractivity contribution in [1.29, 1.82) is 0 Å². The fourth-order valence-corrected chi connectivity index (χ4v) is 1.38. The van der Waals surface area contributed by atoms with Crippen LogP contribution in [0.2, 0.25) is 0 Å². The van der Waals surface area contributed by atoms with Gasteiger partial charge >= 0.3 is 0 Å². The molecule has 0 aliphatic heterocycles. The molecule has 0 aliphatic rings. The van der Waals surface area contributed by atoms with E-state index in [1.54, 1.807) is 7.11 Å². The van der Waals surface area contributed by atoms with Gasteiger partial charge in [-0.3, -0.25) is 4.79 Å². The molecule has 82 valence electrons. The Hall–Kier alpha value is -1.35. The van der Waals surface area contributed by atoms with E-state index in [9.17, 15) is 4.79 Å². The second-order valence-corrected chi connectivity index (χ2v) is 3.48. The van der Waals surface area contributed by atoms with E-state index < -0.39 is 0 Å². The number of hydrogen-bond donors (Lipinski definition) is 0. The van der Waals surface area contributed by atoms with E-state index >= 15 is 0 Å². The molecule has 1 aromatic carbocycles. The smallest absolute Gasteiger partial charge is 0.150 e. The average molecular weight is 207 g/mol. The lowest BCUT2D eigenvalue weighted by Gasteiger charge is -2.18. The molecule has 0 aliphatic carbocycles. The highest BCUT2D eigenvalue weighted by Gasteiger charge is 1.99. The molecule has 1 aromatic rings. The number of carbonyl (C=O) groups is 1. The Morgan fingerprint density at radius 3 is 2.53 bits per heavy atom. The van der Waals surface area contributed by atoms with Crippen LogP contribution >= 0.6 is 0 Å². The quantitative estimate of drug-likeness (QED) is 0.527. The lowest BCUT2D eigenvalue weighted by molar-refractivity contribution is 0.112. The number of carbonyl (C=O) groups excluding carboxylic acids is 1. The first-order valence-electron chi connectivity index (χ1n) is 5.03. The van der Waals surface area contributed by atoms with Gasteiger partial charge in [-0.2, -0.15) is 0 Å². The van der Waals surface area contributed by atoms with Crippen molar-refractivity contribution in [1.82, 2.24) is 0 Å². The van der Waals surface area contributed by atoms with Crippen molar-refractivity contribution in [3.8, 4) is 0 Å². The SMILES string of the molecule is COCCCN(C)c1ccc(C=O)cc1. The molecule has 0 radical (unpaired) electrons. The summed E-state index contributed by atoms with van der Waals surface area (Å²) in [6.45, 7) is 1.73. The van der Waals surface area contributed by atoms with Gasteiger partial charge in [-0.1, -0.05) is 0 Å². The fourth-order valence-electron chi connectivity index (χ4n) is 1.38. The number of methoxy groups -OCH3 is 1. The van der Waals surface area contributed by atoms with Gasteiger partial charge in [-0.05, 0) is 30.7 Å². The number of ether oxygens (including phenoxy) is 1. The Bertz CT molecular complexity index is 295. The highest BCUT2D eigenvalue weighted by atomic mass is 16.5. The lowest BCUT2D eigenvalue weighted by atomic mass is 10.2. The molecule has 0 spiro atoms. The van der Waals surface area contributed by atoms with Gasteiger partial charge in [0.05, 0.1) is 0 Å². The third kappa shape index (κ3) is 3.72. The van der Waals surface area contributed by atoms with Gasteiger partial charge in [0.2, 0.25) is 0 Å². The molecule has 0 saturated carbocycles. The Balaban J connectivity index is 2.50. The highest BCUT2D eigenvalue weighted by molar-refractivity contribution is 5.75. The van der Waals surface area contributed by atoms with Gasteiger partial charge in [0, 0.05) is 38.6 Å². The van der Waals surface area contributed by atoms with Gasteiger partial charge in [0.15, 0.2) is 0 Å². The van der Waals surface area contributed by atoms with Crippen molar-refractivity contribution < 1.29 is 9.53 Å². The number of benzene rings is 1. The molecule has 1 rings (SSSR count). The summed E-state index contributed by atoms with van der Waals surface area (Å²) in [5, 5.41) is 0. The number of nitrogens with zero attached hydrogens (tertiary/aromatic N) is 1. The molecule has 0 fully saturated rings. The summed E-state index contributed by atoms with van der Waals surface area (Å²) in [5.74, 6) is 0. The van der Waals surface area contributed by atoms with Gasteiger partial charge < -0.3 is 9.64 Å². The minimum absolute atomic E-state index is 0.712. The summed E-state index contributed by atoms with van der Waals surface area (Å²) >= 11 is 0. The minimum atomic E-state index is 0.712. The van der Waals surface area contributed by atoms with Crippen LogP contribution in [-0.2, 0) is 4.74 Å². The Morgan fingerprint density at radius 1 is 1.33 bits per heavy atom. The van der Waals surface area contributed by atoms with Crippen LogP contribution in [0.4, 0.5) is 5.69 Å². The van der Waals surface area contributed by atoms with E-state index in [1.807, 2.05) is 31.3 Å². The van der Waals surface area contributed by atoms with Crippen molar-refractivity contribution in [3.05, 3.63) is 29.8 Å². The third-order valence-electron chi connectivity index (χ3n) is 2.31. The largest absolute Gasteiger partial charge is 0.385 e. The first-order valence-corrected chi connectivity index (χ1v) is 5.03. The minimum Gasteiger partial charge on any atom is -0.385 e. The Labute approximate surface area is 90.7 Å². The molecule has 0 unspecified atom stereocenters. The summed E-state index contributed by atoms with van der Waals surface area (Å²) < 4.78 is 4.99. The lowest BCUT2D eigenvalue weighted by Crippen LogP contribution is -2.19. The molecular formula is C12H17NO2. The van der Waals surface area contributed by atoms with Gasteiger partial charge in [0.1, 0.15) is 6.29 Å². The second-order valence-electron chi connectivity index (χ2n) is 3.48. The maximum Gasteiger partial charge on any atom is 0.150 e. The second kappa shape index (κ2) is 6.19. The molecule has 0 N–H and O–H groups in total. The molecule has 0 atom stereocenters. The van der Waals surface area contributed by atoms with Gasteiger partial charge in [-0.25, -0.2) is 0 Å². The van der Waals surface area contributed by atoms with E-state index in [4.69, 9.17) is 4.74 Å². The van der Waals surface area contributed by atoms with Crippen molar-refractivity contribution in [2.75, 3.05) is 32.2 Å². The summed E-state index contributed by atoms with van der Waals surface area (Å²) in [4.78, 5) is 12.6. The van der Waals surface area contributed by atoms with Crippen LogP contribution < -0.4 is 4.90 Å². The number of rotatable bonds is 6. The van der Waals surface area contributed by atoms with E-state index in [2.05, 4.69) is 4.90 Å². The number of hydrogen-bond acceptors (Lipinski definition) is 3. The van der Waals surface area contributed by atoms with Crippen LogP contribution in [0.15, 0.2) is 24.3 Å². The standard InChI is InChI=1S/C12H17NO2/c1-13(8-3-9-15-2)12-6-4-11(10-14)5-7-12/h4-7,10H,3,8-9H2,1-2H3. The monoisotopic (exact) mass is 207 g/mol. The van der Waals surface area contributed by atoms with E-state index in [-0.39, 0.29) is 0 Å². The van der Waals surface area contributed by atoms with E-state index in [0.717, 1.165) is 31.5 Å². The van der Waals surface area contributed by atoms with E-state index in [0.29, 0.717) is 5.56 Å². The van der Waals surface area contributed by atoms with Crippen LogP contribution in [-0.4, -0.2) is 33.6 Å². The molecule has 3 nitrogen and oxygen atoms in total. The van der Waals surface area contributed by atoms with Crippen LogP contribution in [0.1, 0.15) is 16.8 Å². The highest BCUT2D eigenvalue weighted by Crippen LogP contribution is 2.12. The predicted molar refractivity (Wildman–Crippen MR) is 61.6 cm³/mol. The third-order valence-corrected chi connectivity index (χ3v) is 2.31. The summed E-state index contributed by atoms with van der Waals surface area (Å²) in [5.41, 5.74) is 1.83. The molecule has 0 aromatic heterocycles. The number of aldehydes is 1. The zero-order valence-electron chi connectivity index (χ0n) is 9.27. The van der Waals surface area contributed by atoms with Crippen LogP contribution in [0, 0.1) is 0 Å². The van der Waals surface area contributed by atoms with Crippen molar-refractivity contribution >= 4 is 12.0 Å². The van der Waals surface area contributed by atoms with Crippen molar-refractivity contribution in [2.24, 2.45) is 0 Å². The maximum absolute atomic E-state index is 10.5. The summed E-state index contributed by atoms with van der Waals surface area (Å²) in [6.07, 6.45) is 1.86. The molecule has 0 bridgehead atoms. The first kappa shape index (κ1) is 11.7. The molecular weight excluding hydrogens is 190 g/mol. The summed E-state index contributed by atoms with van der Waals surface area (Å²) in [6, 6.07) is 7.57. The Morgan fingerprint density at radius 2 is 2.00 bits per heavy atom. The first-order chi connectivity index (χ1) is 7.27. The van der Waals surface area contributed by atoms with Crippen LogP contribution in [0.5, 0.6) is 0 Å². The van der Waals surface area contributed by atoms with Crippen molar-refractivity contribution in [3.63, 3.8) is 0 Å². The maximum atomic E-state index is 10.5. The molecule has 0 saturated heterocycles. The molecule has 15 heavy (non-hydrogen) atoms. The van der Waals surface area contributed by atoms with Gasteiger partial charge in [0.25, 0.3) is 0 Å². The van der Waals surface area contributed by atoms with E-state index in [1.165, 1.54) is 0 Å². The topological polar surface area (TPSA) is 29.5 Å². The molecule has 0 heterocycles. The molecule has 3 heteroatoms. The zero-order valence-corrected chi connectivity index (χ0v) is 9.27. The summed E-state index contributed by atoms with van der Waals surface area (Å²) in [7, 11) is 3.74. The predicted octanol–water partition coefficient (Wildman–Crippen LogP) is 1.97.